The average Bonchev–Trinajstić information content (AvgIpc) is 2.22. The van der Waals surface area contributed by atoms with E-state index in [9.17, 15) is 18.0 Å². The van der Waals surface area contributed by atoms with Gasteiger partial charge in [-0.05, 0) is 13.3 Å². The Morgan fingerprint density at radius 1 is 1.47 bits per heavy atom. The molecule has 0 saturated carbocycles. The zero-order valence-corrected chi connectivity index (χ0v) is 11.9. The molecule has 4 nitrogen and oxygen atoms in total. The first-order chi connectivity index (χ1) is 7.88. The summed E-state index contributed by atoms with van der Waals surface area (Å²) < 4.78 is 45.0. The average molecular weight is 266 g/mol. The minimum Gasteiger partial charge on any atom is -0.463 e. The van der Waals surface area contributed by atoms with E-state index in [2.05, 4.69) is 14.2 Å². The first-order valence-electron chi connectivity index (χ1n) is 5.05. The molecule has 0 saturated heterocycles. The molecule has 0 aromatic rings. The summed E-state index contributed by atoms with van der Waals surface area (Å²) in [6.07, 6.45) is -4.08. The number of nitrogens with one attached hydrogen (secondary N) is 1. The molecular formula is C9H14AlF3N2O2. The predicted molar refractivity (Wildman–Crippen MR) is 60.2 cm³/mol. The van der Waals surface area contributed by atoms with Crippen LogP contribution in [0.15, 0.2) is 16.2 Å². The number of halogens is 3. The molecule has 0 aromatic carbocycles. The maximum Gasteiger partial charge on any atom is 0.418 e. The lowest BCUT2D eigenvalue weighted by molar-refractivity contribution is -0.139. The monoisotopic (exact) mass is 266 g/mol. The highest BCUT2D eigenvalue weighted by Gasteiger charge is 2.37. The van der Waals surface area contributed by atoms with Gasteiger partial charge in [0.05, 0.1) is 24.0 Å². The number of esters is 1. The number of carbonyl (C=O) groups is 1. The van der Waals surface area contributed by atoms with Gasteiger partial charge in [0, 0.05) is 0 Å². The Morgan fingerprint density at radius 2 is 2.06 bits per heavy atom. The SMILES string of the molecule is CCOC(=O)/C(CC)=C(\C=N\[NH][AlH2])C(F)(F)F. The Hall–Kier alpha value is -0.998. The summed E-state index contributed by atoms with van der Waals surface area (Å²) >= 11 is 0.422. The Balaban J connectivity index is 5.44. The van der Waals surface area contributed by atoms with Crippen molar-refractivity contribution in [3.8, 4) is 0 Å². The maximum absolute atomic E-state index is 12.7. The number of hydrogen-bond acceptors (Lipinski definition) is 4. The molecule has 0 amide bonds. The molecule has 0 radical (unpaired) electrons. The molecular weight excluding hydrogens is 252 g/mol. The number of nitrogens with zero attached hydrogens (tertiary/aromatic N) is 1. The third-order valence-corrected chi connectivity index (χ3v) is 2.09. The van der Waals surface area contributed by atoms with Crippen LogP contribution < -0.4 is 4.41 Å². The largest absolute Gasteiger partial charge is 0.463 e. The number of ether oxygens (including phenoxy) is 1. The van der Waals surface area contributed by atoms with E-state index in [0.29, 0.717) is 22.7 Å². The normalized spacial score (nSPS) is 13.5. The van der Waals surface area contributed by atoms with E-state index < -0.39 is 23.3 Å². The minimum atomic E-state index is -4.62. The van der Waals surface area contributed by atoms with Gasteiger partial charge in [-0.15, -0.1) is 0 Å². The summed E-state index contributed by atoms with van der Waals surface area (Å²) in [6.45, 7) is 3.02. The third-order valence-electron chi connectivity index (χ3n) is 1.83. The molecule has 8 heteroatoms. The van der Waals surface area contributed by atoms with Crippen LogP contribution in [0.2, 0.25) is 0 Å². The smallest absolute Gasteiger partial charge is 0.418 e. The van der Waals surface area contributed by atoms with Crippen molar-refractivity contribution in [3.05, 3.63) is 11.1 Å². The Bertz CT molecular complexity index is 327. The van der Waals surface area contributed by atoms with Crippen LogP contribution in [0, 0.1) is 0 Å². The van der Waals surface area contributed by atoms with Gasteiger partial charge in [-0.25, -0.2) is 9.90 Å². The Kier molecular flexibility index (Phi) is 6.92. The number of hydrazone groups is 1. The number of hydrogen-bond donors (Lipinski definition) is 1. The maximum atomic E-state index is 12.7. The second kappa shape index (κ2) is 7.35. The van der Waals surface area contributed by atoms with Gasteiger partial charge in [0.25, 0.3) is 0 Å². The number of allylic oxidation sites excluding steroid dienone is 1. The van der Waals surface area contributed by atoms with Crippen molar-refractivity contribution < 1.29 is 22.7 Å². The summed E-state index contributed by atoms with van der Waals surface area (Å²) in [6, 6.07) is 0. The molecule has 0 heterocycles. The van der Waals surface area contributed by atoms with Gasteiger partial charge >= 0.3 is 28.7 Å². The second-order valence-corrected chi connectivity index (χ2v) is 3.39. The summed E-state index contributed by atoms with van der Waals surface area (Å²) in [5.74, 6) is -0.956. The van der Waals surface area contributed by atoms with Crippen LogP contribution in [0.4, 0.5) is 13.2 Å². The van der Waals surface area contributed by atoms with Gasteiger partial charge in [-0.1, -0.05) is 6.92 Å². The van der Waals surface area contributed by atoms with Crippen molar-refractivity contribution in [1.82, 2.24) is 4.41 Å². The fraction of sp³-hybridized carbons (Fsp3) is 0.556. The van der Waals surface area contributed by atoms with Crippen LogP contribution in [-0.2, 0) is 9.53 Å². The summed E-state index contributed by atoms with van der Waals surface area (Å²) in [5, 5.41) is 3.35. The van der Waals surface area contributed by atoms with Crippen molar-refractivity contribution in [2.24, 2.45) is 5.10 Å². The molecule has 0 aliphatic rings. The van der Waals surface area contributed by atoms with E-state index in [1.807, 2.05) is 0 Å². The van der Waals surface area contributed by atoms with E-state index >= 15 is 0 Å². The molecule has 0 spiro atoms. The molecule has 1 N–H and O–H groups in total. The Labute approximate surface area is 106 Å². The zero-order valence-electron chi connectivity index (χ0n) is 9.89. The molecule has 0 bridgehead atoms. The number of rotatable bonds is 5. The van der Waals surface area contributed by atoms with Crippen molar-refractivity contribution in [1.29, 1.82) is 0 Å². The van der Waals surface area contributed by atoms with Gasteiger partial charge < -0.3 is 9.15 Å². The molecule has 0 unspecified atom stereocenters. The lowest BCUT2D eigenvalue weighted by Crippen LogP contribution is -2.21. The van der Waals surface area contributed by atoms with Crippen molar-refractivity contribution >= 4 is 28.7 Å². The molecule has 17 heavy (non-hydrogen) atoms. The number of carbonyl (C=O) groups excluding carboxylic acids is 1. The van der Waals surface area contributed by atoms with Gasteiger partial charge in [0.1, 0.15) is 0 Å². The van der Waals surface area contributed by atoms with Crippen molar-refractivity contribution in [3.63, 3.8) is 0 Å². The highest BCUT2D eigenvalue weighted by molar-refractivity contribution is 6.05. The lowest BCUT2D eigenvalue weighted by Gasteiger charge is -2.12. The summed E-state index contributed by atoms with van der Waals surface area (Å²) in [7, 11) is 0. The van der Waals surface area contributed by atoms with Crippen LogP contribution in [-0.4, -0.2) is 41.5 Å². The molecule has 0 aromatic heterocycles. The highest BCUT2D eigenvalue weighted by atomic mass is 27.1. The van der Waals surface area contributed by atoms with Gasteiger partial charge in [-0.2, -0.15) is 13.2 Å². The van der Waals surface area contributed by atoms with E-state index in [4.69, 9.17) is 0 Å². The fourth-order valence-electron chi connectivity index (χ4n) is 1.11. The number of alkyl halides is 3. The first-order valence-corrected chi connectivity index (χ1v) is 6.05. The Morgan fingerprint density at radius 3 is 2.41 bits per heavy atom. The second-order valence-electron chi connectivity index (χ2n) is 2.95. The van der Waals surface area contributed by atoms with Crippen molar-refractivity contribution in [2.75, 3.05) is 6.61 Å². The van der Waals surface area contributed by atoms with E-state index in [1.54, 1.807) is 0 Å². The molecule has 96 valence electrons. The third kappa shape index (κ3) is 5.24. The van der Waals surface area contributed by atoms with Gasteiger partial charge in [-0.3, -0.25) is 0 Å². The molecule has 0 fully saturated rings. The molecule has 0 aliphatic carbocycles. The van der Waals surface area contributed by atoms with Gasteiger partial charge in [0.2, 0.25) is 0 Å². The van der Waals surface area contributed by atoms with Crippen LogP contribution in [0.1, 0.15) is 20.3 Å². The van der Waals surface area contributed by atoms with Crippen LogP contribution >= 0.6 is 0 Å². The first kappa shape index (κ1) is 16.0. The molecule has 0 rings (SSSR count). The molecule has 0 atom stereocenters. The van der Waals surface area contributed by atoms with E-state index in [1.165, 1.54) is 13.8 Å². The predicted octanol–water partition coefficient (Wildman–Crippen LogP) is 0.942. The van der Waals surface area contributed by atoms with E-state index in [-0.39, 0.29) is 13.0 Å². The zero-order chi connectivity index (χ0) is 13.5. The van der Waals surface area contributed by atoms with Crippen LogP contribution in [0.5, 0.6) is 0 Å². The topological polar surface area (TPSA) is 50.7 Å². The fourth-order valence-corrected chi connectivity index (χ4v) is 1.24. The van der Waals surface area contributed by atoms with Gasteiger partial charge in [0.15, 0.2) is 0 Å². The quantitative estimate of drug-likeness (QED) is 0.265. The van der Waals surface area contributed by atoms with Crippen LogP contribution in [0.3, 0.4) is 0 Å². The molecule has 0 aliphatic heterocycles. The minimum absolute atomic E-state index is 0.0313. The lowest BCUT2D eigenvalue weighted by atomic mass is 10.1. The van der Waals surface area contributed by atoms with Crippen LogP contribution in [0.25, 0.3) is 0 Å². The standard InChI is InChI=1S/C9H13F3N2O2.Al.2H/c1-3-6(8(15)16-4-2)7(5-14-13)9(10,11)12;;;/h5H,3-4H2,1-2H3,(H2,13,15);;;/q;+1;;/p-1. The summed E-state index contributed by atoms with van der Waals surface area (Å²) in [4.78, 5) is 11.4. The highest BCUT2D eigenvalue weighted by Crippen LogP contribution is 2.28. The van der Waals surface area contributed by atoms with Crippen molar-refractivity contribution in [2.45, 2.75) is 26.4 Å². The summed E-state index contributed by atoms with van der Waals surface area (Å²) in [5.41, 5.74) is -1.48. The van der Waals surface area contributed by atoms with E-state index in [0.717, 1.165) is 0 Å².